The molecule has 9 heteroatoms. The maximum absolute atomic E-state index is 11.9. The number of benzene rings is 1. The summed E-state index contributed by atoms with van der Waals surface area (Å²) in [5.74, 6) is -1.62. The smallest absolute Gasteiger partial charge is 0.406 e. The van der Waals surface area contributed by atoms with Gasteiger partial charge in [-0.2, -0.15) is 0 Å². The maximum atomic E-state index is 11.9. The zero-order chi connectivity index (χ0) is 14.0. The Morgan fingerprint density at radius 2 is 1.22 bits per heavy atom. The number of rotatable bonds is 3. The SMILES string of the molecule is CNc1cc(OC(F)(F)F)cc(OC(F)(F)F)c1. The fraction of sp³-hybridized carbons (Fsp3) is 0.333. The third kappa shape index (κ3) is 5.02. The van der Waals surface area contributed by atoms with Crippen LogP contribution in [0, 0.1) is 0 Å². The van der Waals surface area contributed by atoms with Crippen molar-refractivity contribution >= 4 is 5.69 Å². The molecule has 1 aromatic rings. The molecule has 0 aliphatic carbocycles. The van der Waals surface area contributed by atoms with Crippen LogP contribution in [0.4, 0.5) is 32.0 Å². The first-order valence-corrected chi connectivity index (χ1v) is 4.43. The Morgan fingerprint density at radius 1 is 0.833 bits per heavy atom. The van der Waals surface area contributed by atoms with E-state index in [1.54, 1.807) is 0 Å². The molecular weight excluding hydrogens is 268 g/mol. The molecule has 0 atom stereocenters. The molecule has 0 fully saturated rings. The van der Waals surface area contributed by atoms with Crippen LogP contribution in [0.3, 0.4) is 0 Å². The summed E-state index contributed by atoms with van der Waals surface area (Å²) in [7, 11) is 1.32. The lowest BCUT2D eigenvalue weighted by atomic mass is 10.3. The van der Waals surface area contributed by atoms with Gasteiger partial charge in [-0.05, 0) is 0 Å². The number of hydrogen-bond donors (Lipinski definition) is 1. The van der Waals surface area contributed by atoms with E-state index < -0.39 is 24.2 Å². The van der Waals surface area contributed by atoms with Gasteiger partial charge in [-0.25, -0.2) is 0 Å². The van der Waals surface area contributed by atoms with Gasteiger partial charge in [0.1, 0.15) is 11.5 Å². The highest BCUT2D eigenvalue weighted by atomic mass is 19.4. The highest BCUT2D eigenvalue weighted by Crippen LogP contribution is 2.32. The quantitative estimate of drug-likeness (QED) is 0.856. The molecule has 102 valence electrons. The monoisotopic (exact) mass is 275 g/mol. The Morgan fingerprint density at radius 3 is 1.50 bits per heavy atom. The zero-order valence-corrected chi connectivity index (χ0v) is 8.82. The fourth-order valence-corrected chi connectivity index (χ4v) is 1.10. The standard InChI is InChI=1S/C9H7F6NO2/c1-16-5-2-6(17-8(10,11)12)4-7(3-5)18-9(13,14)15/h2-4,16H,1H3. The number of halogens is 6. The van der Waals surface area contributed by atoms with Crippen molar-refractivity contribution < 1.29 is 35.8 Å². The first-order chi connectivity index (χ1) is 8.09. The van der Waals surface area contributed by atoms with Gasteiger partial charge in [0.25, 0.3) is 0 Å². The van der Waals surface area contributed by atoms with Gasteiger partial charge >= 0.3 is 12.7 Å². The highest BCUT2D eigenvalue weighted by Gasteiger charge is 2.33. The van der Waals surface area contributed by atoms with Crippen molar-refractivity contribution in [3.63, 3.8) is 0 Å². The average Bonchev–Trinajstić information content (AvgIpc) is 2.11. The highest BCUT2D eigenvalue weighted by molar-refractivity contribution is 5.53. The number of nitrogens with one attached hydrogen (secondary N) is 1. The van der Waals surface area contributed by atoms with Crippen LogP contribution in [0.15, 0.2) is 18.2 Å². The van der Waals surface area contributed by atoms with E-state index in [0.29, 0.717) is 6.07 Å². The van der Waals surface area contributed by atoms with Crippen LogP contribution in [-0.4, -0.2) is 19.8 Å². The van der Waals surface area contributed by atoms with Crippen molar-refractivity contribution in [3.05, 3.63) is 18.2 Å². The van der Waals surface area contributed by atoms with Crippen LogP contribution in [-0.2, 0) is 0 Å². The van der Waals surface area contributed by atoms with Crippen molar-refractivity contribution in [2.75, 3.05) is 12.4 Å². The molecule has 0 unspecified atom stereocenters. The molecule has 0 saturated carbocycles. The van der Waals surface area contributed by atoms with Crippen LogP contribution in [0.2, 0.25) is 0 Å². The Kier molecular flexibility index (Phi) is 3.82. The second-order valence-electron chi connectivity index (χ2n) is 3.04. The van der Waals surface area contributed by atoms with E-state index in [4.69, 9.17) is 0 Å². The van der Waals surface area contributed by atoms with Crippen molar-refractivity contribution in [3.8, 4) is 11.5 Å². The summed E-state index contributed by atoms with van der Waals surface area (Å²) >= 11 is 0. The second-order valence-corrected chi connectivity index (χ2v) is 3.04. The summed E-state index contributed by atoms with van der Waals surface area (Å²) in [6, 6.07) is 2.26. The minimum Gasteiger partial charge on any atom is -0.406 e. The molecule has 0 heterocycles. The van der Waals surface area contributed by atoms with Crippen LogP contribution in [0.25, 0.3) is 0 Å². The number of ether oxygens (including phenoxy) is 2. The van der Waals surface area contributed by atoms with Gasteiger partial charge < -0.3 is 14.8 Å². The summed E-state index contributed by atoms with van der Waals surface area (Å²) in [5.41, 5.74) is -0.0176. The lowest BCUT2D eigenvalue weighted by Gasteiger charge is -2.14. The largest absolute Gasteiger partial charge is 0.573 e. The lowest BCUT2D eigenvalue weighted by Crippen LogP contribution is -2.19. The summed E-state index contributed by atoms with van der Waals surface area (Å²) in [6.45, 7) is 0. The molecule has 0 aliphatic heterocycles. The molecular formula is C9H7F6NO2. The molecule has 1 N–H and O–H groups in total. The third-order valence-electron chi connectivity index (χ3n) is 1.64. The van der Waals surface area contributed by atoms with Gasteiger partial charge in [-0.3, -0.25) is 0 Å². The Balaban J connectivity index is 3.02. The average molecular weight is 275 g/mol. The summed E-state index contributed by atoms with van der Waals surface area (Å²) < 4.78 is 78.7. The number of alkyl halides is 6. The van der Waals surface area contributed by atoms with Crippen molar-refractivity contribution in [1.29, 1.82) is 0 Å². The van der Waals surface area contributed by atoms with E-state index in [9.17, 15) is 26.3 Å². The van der Waals surface area contributed by atoms with Crippen LogP contribution in [0.5, 0.6) is 11.5 Å². The van der Waals surface area contributed by atoms with E-state index in [1.807, 2.05) is 0 Å². The van der Waals surface area contributed by atoms with Gasteiger partial charge in [-0.1, -0.05) is 0 Å². The minimum absolute atomic E-state index is 0.0176. The second kappa shape index (κ2) is 4.83. The van der Waals surface area contributed by atoms with Gasteiger partial charge in [0, 0.05) is 30.9 Å². The van der Waals surface area contributed by atoms with Crippen molar-refractivity contribution in [2.24, 2.45) is 0 Å². The number of anilines is 1. The predicted octanol–water partition coefficient (Wildman–Crippen LogP) is 3.53. The van der Waals surface area contributed by atoms with E-state index >= 15 is 0 Å². The topological polar surface area (TPSA) is 30.5 Å². The van der Waals surface area contributed by atoms with E-state index in [-0.39, 0.29) is 5.69 Å². The lowest BCUT2D eigenvalue weighted by molar-refractivity contribution is -0.276. The maximum Gasteiger partial charge on any atom is 0.573 e. The molecule has 3 nitrogen and oxygen atoms in total. The third-order valence-corrected chi connectivity index (χ3v) is 1.64. The molecule has 1 aromatic carbocycles. The Labute approximate surface area is 97.3 Å². The predicted molar refractivity (Wildman–Crippen MR) is 49.4 cm³/mol. The molecule has 0 saturated heterocycles. The van der Waals surface area contributed by atoms with E-state index in [0.717, 1.165) is 12.1 Å². The van der Waals surface area contributed by atoms with E-state index in [1.165, 1.54) is 7.05 Å². The zero-order valence-electron chi connectivity index (χ0n) is 8.82. The first kappa shape index (κ1) is 14.3. The molecule has 1 rings (SSSR count). The molecule has 0 spiro atoms. The summed E-state index contributed by atoms with van der Waals surface area (Å²) in [5, 5.41) is 2.38. The minimum atomic E-state index is -5.00. The molecule has 0 bridgehead atoms. The summed E-state index contributed by atoms with van der Waals surface area (Å²) in [4.78, 5) is 0. The molecule has 0 aromatic heterocycles. The van der Waals surface area contributed by atoms with Crippen molar-refractivity contribution in [2.45, 2.75) is 12.7 Å². The van der Waals surface area contributed by atoms with Crippen LogP contribution >= 0.6 is 0 Å². The Bertz CT molecular complexity index is 380. The Hall–Kier alpha value is -1.80. The van der Waals surface area contributed by atoms with Crippen LogP contribution < -0.4 is 14.8 Å². The van der Waals surface area contributed by atoms with E-state index in [2.05, 4.69) is 14.8 Å². The molecule has 18 heavy (non-hydrogen) atoms. The first-order valence-electron chi connectivity index (χ1n) is 4.43. The molecule has 0 aliphatic rings. The van der Waals surface area contributed by atoms with Gasteiger partial charge in [0.2, 0.25) is 0 Å². The molecule has 0 radical (unpaired) electrons. The molecule has 0 amide bonds. The van der Waals surface area contributed by atoms with Crippen LogP contribution in [0.1, 0.15) is 0 Å². The van der Waals surface area contributed by atoms with Gasteiger partial charge in [0.05, 0.1) is 0 Å². The van der Waals surface area contributed by atoms with Gasteiger partial charge in [0.15, 0.2) is 0 Å². The normalized spacial score (nSPS) is 12.2. The fourth-order valence-electron chi connectivity index (χ4n) is 1.10. The number of hydrogen-bond acceptors (Lipinski definition) is 3. The van der Waals surface area contributed by atoms with Gasteiger partial charge in [-0.15, -0.1) is 26.3 Å². The summed E-state index contributed by atoms with van der Waals surface area (Å²) in [6.07, 6.45) is -10.00. The van der Waals surface area contributed by atoms with Crippen molar-refractivity contribution in [1.82, 2.24) is 0 Å².